The summed E-state index contributed by atoms with van der Waals surface area (Å²) in [5.41, 5.74) is 17.3. The van der Waals surface area contributed by atoms with Crippen LogP contribution in [0, 0.1) is 0 Å². The third-order valence-corrected chi connectivity index (χ3v) is 10.2. The van der Waals surface area contributed by atoms with Gasteiger partial charge in [0.05, 0.1) is 29.5 Å². The molecule has 328 valence electrons. The zero-order valence-electron chi connectivity index (χ0n) is 37.2. The Labute approximate surface area is 371 Å². The van der Waals surface area contributed by atoms with Gasteiger partial charge in [0.2, 0.25) is 0 Å². The second kappa shape index (κ2) is 18.3. The number of hydrogen-bond acceptors (Lipinski definition) is 12. The molecular weight excluding hydrogens is 809 g/mol. The summed E-state index contributed by atoms with van der Waals surface area (Å²) in [5.74, 6) is 2.11. The van der Waals surface area contributed by atoms with Crippen LogP contribution in [0.1, 0.15) is 76.1 Å². The molecule has 4 N–H and O–H groups in total. The molecule has 4 aromatic heterocycles. The number of ether oxygens (including phenoxy) is 4. The van der Waals surface area contributed by atoms with E-state index in [0.29, 0.717) is 62.4 Å². The lowest BCUT2D eigenvalue weighted by Crippen LogP contribution is -2.21. The van der Waals surface area contributed by atoms with Crippen LogP contribution < -0.4 is 20.9 Å². The molecule has 0 fully saturated rings. The van der Waals surface area contributed by atoms with Gasteiger partial charge in [-0.05, 0) is 121 Å². The van der Waals surface area contributed by atoms with Gasteiger partial charge in [0.1, 0.15) is 64.1 Å². The highest BCUT2D eigenvalue weighted by molar-refractivity contribution is 6.07. The molecule has 0 amide bonds. The first-order valence-corrected chi connectivity index (χ1v) is 20.9. The van der Waals surface area contributed by atoms with E-state index in [1.54, 1.807) is 32.0 Å². The van der Waals surface area contributed by atoms with Crippen molar-refractivity contribution in [2.75, 3.05) is 24.7 Å². The third kappa shape index (κ3) is 9.36. The summed E-state index contributed by atoms with van der Waals surface area (Å²) in [6.45, 7) is 16.6. The molecule has 0 spiro atoms. The van der Waals surface area contributed by atoms with Crippen LogP contribution in [0.4, 0.5) is 11.6 Å². The summed E-state index contributed by atoms with van der Waals surface area (Å²) in [6, 6.07) is 29.5. The number of nitrogens with two attached hydrogens (primary N) is 2. The van der Waals surface area contributed by atoms with Gasteiger partial charge in [0, 0.05) is 34.6 Å². The van der Waals surface area contributed by atoms with Crippen LogP contribution in [-0.2, 0) is 20.6 Å². The van der Waals surface area contributed by atoms with E-state index in [0.717, 1.165) is 27.7 Å². The topological polar surface area (TPSA) is 185 Å². The Kier molecular flexibility index (Phi) is 12.7. The van der Waals surface area contributed by atoms with Crippen LogP contribution in [-0.4, -0.2) is 54.2 Å². The minimum atomic E-state index is -0.455. The molecule has 4 aromatic carbocycles. The molecule has 0 unspecified atom stereocenters. The lowest BCUT2D eigenvalue weighted by Gasteiger charge is -2.21. The molecule has 4 heterocycles. The molecule has 0 atom stereocenters. The number of anilines is 2. The van der Waals surface area contributed by atoms with Gasteiger partial charge in [-0.3, -0.25) is 0 Å². The Bertz CT molecular complexity index is 2950. The van der Waals surface area contributed by atoms with E-state index in [9.17, 15) is 9.59 Å². The van der Waals surface area contributed by atoms with Crippen molar-refractivity contribution in [1.29, 1.82) is 0 Å². The van der Waals surface area contributed by atoms with E-state index in [1.165, 1.54) is 12.7 Å². The summed E-state index contributed by atoms with van der Waals surface area (Å²) >= 11 is 0. The summed E-state index contributed by atoms with van der Waals surface area (Å²) in [7, 11) is 0. The van der Waals surface area contributed by atoms with Gasteiger partial charge in [-0.1, -0.05) is 42.5 Å². The van der Waals surface area contributed by atoms with Crippen molar-refractivity contribution < 1.29 is 28.5 Å². The van der Waals surface area contributed by atoms with E-state index >= 15 is 0 Å². The normalized spacial score (nSPS) is 11.5. The molecule has 0 radical (unpaired) electrons. The molecule has 0 aliphatic rings. The lowest BCUT2D eigenvalue weighted by atomic mass is 9.99. The second-order valence-corrected chi connectivity index (χ2v) is 16.8. The van der Waals surface area contributed by atoms with Gasteiger partial charge < -0.3 is 39.5 Å². The van der Waals surface area contributed by atoms with Crippen LogP contribution >= 0.6 is 0 Å². The van der Waals surface area contributed by atoms with Crippen LogP contribution in [0.15, 0.2) is 122 Å². The van der Waals surface area contributed by atoms with Gasteiger partial charge in [-0.25, -0.2) is 29.5 Å². The first kappa shape index (κ1) is 44.3. The van der Waals surface area contributed by atoms with Gasteiger partial charge in [-0.15, -0.1) is 0 Å². The molecule has 0 aliphatic heterocycles. The smallest absolute Gasteiger partial charge is 0.341 e. The molecule has 14 heteroatoms. The average Bonchev–Trinajstić information content (AvgIpc) is 3.87. The number of rotatable bonds is 10. The summed E-state index contributed by atoms with van der Waals surface area (Å²) in [5, 5.41) is 1.44. The number of benzene rings is 4. The van der Waals surface area contributed by atoms with E-state index in [1.807, 2.05) is 95.8 Å². The zero-order chi connectivity index (χ0) is 45.8. The van der Waals surface area contributed by atoms with E-state index in [-0.39, 0.29) is 24.3 Å². The highest BCUT2D eigenvalue weighted by Crippen LogP contribution is 2.40. The maximum absolute atomic E-state index is 12.9. The lowest BCUT2D eigenvalue weighted by molar-refractivity contribution is 0.0515. The van der Waals surface area contributed by atoms with E-state index in [2.05, 4.69) is 66.0 Å². The van der Waals surface area contributed by atoms with Crippen LogP contribution in [0.2, 0.25) is 0 Å². The number of esters is 2. The minimum absolute atomic E-state index is 0.225. The first-order valence-electron chi connectivity index (χ1n) is 20.9. The van der Waals surface area contributed by atoms with Crippen molar-refractivity contribution in [3.63, 3.8) is 0 Å². The number of fused-ring (bicyclic) bond motifs is 2. The molecule has 0 bridgehead atoms. The van der Waals surface area contributed by atoms with Crippen LogP contribution in [0.5, 0.6) is 23.0 Å². The standard InChI is InChI=1S/2C25H26N4O3/c1-5-31-24(30)18-13-16(11-12-20(18)32-17-9-7-6-8-10-17)19-14-29(25(2,3)4)23-21(19)22(26)27-15-28-23;1-5-31-24(30)19-13-17(32-16-9-7-6-8-10-16)11-12-18(19)20-14-29(25(2,3)4)23-21(20)22(26)27-15-28-23/h2*6-15H,5H2,1-4H3,(H2,26,27,28). The maximum Gasteiger partial charge on any atom is 0.341 e. The van der Waals surface area contributed by atoms with Crippen molar-refractivity contribution in [2.45, 2.75) is 66.5 Å². The van der Waals surface area contributed by atoms with Gasteiger partial charge in [0.25, 0.3) is 0 Å². The quantitative estimate of drug-likeness (QED) is 0.124. The number of carbonyl (C=O) groups excluding carboxylic acids is 2. The van der Waals surface area contributed by atoms with E-state index in [4.69, 9.17) is 30.4 Å². The Hall–Kier alpha value is -7.74. The predicted molar refractivity (Wildman–Crippen MR) is 250 cm³/mol. The molecule has 8 rings (SSSR count). The predicted octanol–water partition coefficient (Wildman–Crippen LogP) is 10.8. The fraction of sp³-hybridized carbons (Fsp3) is 0.240. The second-order valence-electron chi connectivity index (χ2n) is 16.8. The summed E-state index contributed by atoms with van der Waals surface area (Å²) < 4.78 is 26.7. The number of nitrogens with zero attached hydrogens (tertiary/aromatic N) is 6. The van der Waals surface area contributed by atoms with Crippen molar-refractivity contribution >= 4 is 45.6 Å². The highest BCUT2D eigenvalue weighted by atomic mass is 16.5. The van der Waals surface area contributed by atoms with Crippen molar-refractivity contribution in [3.05, 3.63) is 133 Å². The SMILES string of the molecule is CCOC(=O)c1cc(-c2cn(C(C)(C)C)c3ncnc(N)c23)ccc1Oc1ccccc1.CCOC(=O)c1cc(Oc2ccccc2)ccc1-c1cn(C(C)(C)C)c2ncnc(N)c12. The molecule has 0 saturated carbocycles. The zero-order valence-corrected chi connectivity index (χ0v) is 37.2. The molecule has 0 saturated heterocycles. The molecule has 8 aromatic rings. The average molecular weight is 861 g/mol. The Morgan fingerprint density at radius 3 is 1.58 bits per heavy atom. The fourth-order valence-electron chi connectivity index (χ4n) is 7.21. The first-order chi connectivity index (χ1) is 30.6. The number of aromatic nitrogens is 6. The van der Waals surface area contributed by atoms with Crippen molar-refractivity contribution in [2.24, 2.45) is 0 Å². The monoisotopic (exact) mass is 860 g/mol. The van der Waals surface area contributed by atoms with Crippen LogP contribution in [0.25, 0.3) is 44.3 Å². The third-order valence-electron chi connectivity index (χ3n) is 10.2. The highest BCUT2D eigenvalue weighted by Gasteiger charge is 2.27. The van der Waals surface area contributed by atoms with E-state index < -0.39 is 11.9 Å². The fourth-order valence-corrected chi connectivity index (χ4v) is 7.21. The van der Waals surface area contributed by atoms with Crippen LogP contribution in [0.3, 0.4) is 0 Å². The molecular formula is C50H52N8O6. The Morgan fingerprint density at radius 2 is 1.05 bits per heavy atom. The Morgan fingerprint density at radius 1 is 0.547 bits per heavy atom. The van der Waals surface area contributed by atoms with Crippen molar-refractivity contribution in [3.8, 4) is 45.3 Å². The molecule has 0 aliphatic carbocycles. The molecule has 14 nitrogen and oxygen atoms in total. The minimum Gasteiger partial charge on any atom is -0.462 e. The number of para-hydroxylation sites is 2. The van der Waals surface area contributed by atoms with Gasteiger partial charge in [-0.2, -0.15) is 0 Å². The molecule has 64 heavy (non-hydrogen) atoms. The largest absolute Gasteiger partial charge is 0.462 e. The summed E-state index contributed by atoms with van der Waals surface area (Å²) in [6.07, 6.45) is 6.88. The number of nitrogen functional groups attached to an aromatic ring is 2. The van der Waals surface area contributed by atoms with Crippen molar-refractivity contribution in [1.82, 2.24) is 29.1 Å². The summed E-state index contributed by atoms with van der Waals surface area (Å²) in [4.78, 5) is 43.0. The number of hydrogen-bond donors (Lipinski definition) is 2. The number of carbonyl (C=O) groups is 2. The Balaban J connectivity index is 0.000000191. The van der Waals surface area contributed by atoms with Gasteiger partial charge in [0.15, 0.2) is 0 Å². The van der Waals surface area contributed by atoms with Gasteiger partial charge >= 0.3 is 11.9 Å². The maximum atomic E-state index is 12.9.